The van der Waals surface area contributed by atoms with Crippen molar-refractivity contribution in [3.63, 3.8) is 0 Å². The maximum atomic E-state index is 11.0. The number of benzene rings is 1. The van der Waals surface area contributed by atoms with Gasteiger partial charge in [-0.2, -0.15) is 0 Å². The Morgan fingerprint density at radius 2 is 2.12 bits per heavy atom. The first-order chi connectivity index (χ1) is 7.77. The smallest absolute Gasteiger partial charge is 0.258 e. The lowest BCUT2D eigenvalue weighted by Gasteiger charge is -2.14. The summed E-state index contributed by atoms with van der Waals surface area (Å²) in [4.78, 5) is 10.7. The van der Waals surface area contributed by atoms with Gasteiger partial charge in [0.2, 0.25) is 0 Å². The van der Waals surface area contributed by atoms with Crippen molar-refractivity contribution in [2.24, 2.45) is 0 Å². The number of nitro benzene ring substituents is 1. The van der Waals surface area contributed by atoms with Crippen molar-refractivity contribution in [2.45, 2.75) is 31.6 Å². The molecule has 0 amide bonds. The molecule has 82 valence electrons. The molecule has 0 spiro atoms. The van der Waals surface area contributed by atoms with Crippen molar-refractivity contribution in [3.05, 3.63) is 45.0 Å². The van der Waals surface area contributed by atoms with Gasteiger partial charge in [0.15, 0.2) is 0 Å². The fourth-order valence-electron chi connectivity index (χ4n) is 2.48. The normalized spacial score (nSPS) is 18.2. The molecular formula is C13H13NO2. The first kappa shape index (κ1) is 9.58. The van der Waals surface area contributed by atoms with E-state index in [1.54, 1.807) is 6.07 Å². The van der Waals surface area contributed by atoms with Crippen LogP contribution in [-0.2, 0) is 6.42 Å². The van der Waals surface area contributed by atoms with Gasteiger partial charge in [0.05, 0.1) is 4.92 Å². The number of rotatable bonds is 2. The molecule has 16 heavy (non-hydrogen) atoms. The number of hydrogen-bond acceptors (Lipinski definition) is 2. The minimum atomic E-state index is -0.255. The quantitative estimate of drug-likeness (QED) is 0.560. The van der Waals surface area contributed by atoms with E-state index >= 15 is 0 Å². The zero-order valence-electron chi connectivity index (χ0n) is 8.98. The summed E-state index contributed by atoms with van der Waals surface area (Å²) < 4.78 is 0. The number of allylic oxidation sites excluding steroid dienone is 1. The Bertz CT molecular complexity index is 487. The topological polar surface area (TPSA) is 43.1 Å². The Labute approximate surface area is 93.9 Å². The second kappa shape index (κ2) is 3.44. The van der Waals surface area contributed by atoms with E-state index in [1.807, 2.05) is 6.07 Å². The molecule has 1 aromatic rings. The monoisotopic (exact) mass is 215 g/mol. The van der Waals surface area contributed by atoms with E-state index in [0.717, 1.165) is 24.0 Å². The zero-order valence-corrected chi connectivity index (χ0v) is 8.98. The Kier molecular flexibility index (Phi) is 2.06. The van der Waals surface area contributed by atoms with E-state index in [1.165, 1.54) is 18.4 Å². The Balaban J connectivity index is 2.19. The lowest BCUT2D eigenvalue weighted by molar-refractivity contribution is -0.385. The highest BCUT2D eigenvalue weighted by Gasteiger charge is 2.29. The molecule has 3 heteroatoms. The lowest BCUT2D eigenvalue weighted by Crippen LogP contribution is -2.03. The van der Waals surface area contributed by atoms with Crippen molar-refractivity contribution in [3.8, 4) is 0 Å². The molecule has 0 bridgehead atoms. The summed E-state index contributed by atoms with van der Waals surface area (Å²) >= 11 is 0. The molecule has 1 aromatic carbocycles. The van der Waals surface area contributed by atoms with Crippen LogP contribution in [0.5, 0.6) is 0 Å². The molecule has 3 nitrogen and oxygen atoms in total. The molecule has 0 N–H and O–H groups in total. The molecule has 0 aromatic heterocycles. The van der Waals surface area contributed by atoms with Crippen molar-refractivity contribution in [2.75, 3.05) is 0 Å². The molecule has 2 aliphatic carbocycles. The molecule has 0 atom stereocenters. The maximum Gasteiger partial charge on any atom is 0.273 e. The molecule has 0 radical (unpaired) electrons. The fraction of sp³-hybridized carbons (Fsp3) is 0.385. The average molecular weight is 215 g/mol. The van der Waals surface area contributed by atoms with Crippen LogP contribution < -0.4 is 0 Å². The summed E-state index contributed by atoms with van der Waals surface area (Å²) in [7, 11) is 0. The van der Waals surface area contributed by atoms with Crippen LogP contribution in [0.2, 0.25) is 0 Å². The summed E-state index contributed by atoms with van der Waals surface area (Å²) in [5.41, 5.74) is 3.68. The zero-order chi connectivity index (χ0) is 11.1. The van der Waals surface area contributed by atoms with Crippen LogP contribution in [0.25, 0.3) is 6.08 Å². The molecule has 1 saturated carbocycles. The molecular weight excluding hydrogens is 202 g/mol. The third-order valence-corrected chi connectivity index (χ3v) is 3.43. The predicted molar refractivity (Wildman–Crippen MR) is 62.4 cm³/mol. The minimum absolute atomic E-state index is 0.255. The summed E-state index contributed by atoms with van der Waals surface area (Å²) in [6.45, 7) is 0. The standard InChI is InChI=1S/C13H13NO2/c15-14(16)13-8-7-10(9-5-6-9)11-3-1-2-4-12(11)13/h1,3,7-9H,2,4-6H2. The number of fused-ring (bicyclic) bond motifs is 1. The van der Waals surface area contributed by atoms with Gasteiger partial charge in [-0.25, -0.2) is 0 Å². The largest absolute Gasteiger partial charge is 0.273 e. The van der Waals surface area contributed by atoms with Crippen LogP contribution in [0, 0.1) is 10.1 Å². The summed E-state index contributed by atoms with van der Waals surface area (Å²) in [6, 6.07) is 3.63. The highest BCUT2D eigenvalue weighted by Crippen LogP contribution is 2.45. The maximum absolute atomic E-state index is 11.0. The van der Waals surface area contributed by atoms with E-state index in [-0.39, 0.29) is 4.92 Å². The lowest BCUT2D eigenvalue weighted by atomic mass is 9.90. The first-order valence-electron chi connectivity index (χ1n) is 5.74. The van der Waals surface area contributed by atoms with E-state index in [9.17, 15) is 10.1 Å². The van der Waals surface area contributed by atoms with E-state index < -0.39 is 0 Å². The Hall–Kier alpha value is -1.64. The van der Waals surface area contributed by atoms with E-state index in [4.69, 9.17) is 0 Å². The first-order valence-corrected chi connectivity index (χ1v) is 5.74. The van der Waals surface area contributed by atoms with Gasteiger partial charge in [-0.3, -0.25) is 10.1 Å². The Morgan fingerprint density at radius 3 is 2.81 bits per heavy atom. The Morgan fingerprint density at radius 1 is 1.31 bits per heavy atom. The fourth-order valence-corrected chi connectivity index (χ4v) is 2.48. The van der Waals surface area contributed by atoms with Gasteiger partial charge < -0.3 is 0 Å². The van der Waals surface area contributed by atoms with Crippen LogP contribution in [0.1, 0.15) is 41.9 Å². The molecule has 0 aliphatic heterocycles. The van der Waals surface area contributed by atoms with Crippen molar-refractivity contribution >= 4 is 11.8 Å². The van der Waals surface area contributed by atoms with Crippen LogP contribution in [0.3, 0.4) is 0 Å². The van der Waals surface area contributed by atoms with Gasteiger partial charge >= 0.3 is 0 Å². The van der Waals surface area contributed by atoms with Gasteiger partial charge in [0, 0.05) is 11.6 Å². The average Bonchev–Trinajstić information content (AvgIpc) is 3.11. The second-order valence-corrected chi connectivity index (χ2v) is 4.54. The van der Waals surface area contributed by atoms with Crippen molar-refractivity contribution < 1.29 is 4.92 Å². The van der Waals surface area contributed by atoms with E-state index in [0.29, 0.717) is 11.6 Å². The highest BCUT2D eigenvalue weighted by molar-refractivity contribution is 5.67. The predicted octanol–water partition coefficient (Wildman–Crippen LogP) is 3.43. The second-order valence-electron chi connectivity index (χ2n) is 4.54. The number of hydrogen-bond donors (Lipinski definition) is 0. The van der Waals surface area contributed by atoms with Crippen LogP contribution in [0.15, 0.2) is 18.2 Å². The van der Waals surface area contributed by atoms with Gasteiger partial charge in [-0.15, -0.1) is 0 Å². The van der Waals surface area contributed by atoms with Gasteiger partial charge in [-0.1, -0.05) is 18.2 Å². The molecule has 0 heterocycles. The van der Waals surface area contributed by atoms with Crippen LogP contribution >= 0.6 is 0 Å². The van der Waals surface area contributed by atoms with Crippen molar-refractivity contribution in [1.29, 1.82) is 0 Å². The van der Waals surface area contributed by atoms with Crippen LogP contribution in [0.4, 0.5) is 5.69 Å². The third-order valence-electron chi connectivity index (χ3n) is 3.43. The summed E-state index contributed by atoms with van der Waals surface area (Å²) in [6.07, 6.45) is 8.39. The van der Waals surface area contributed by atoms with Crippen LogP contribution in [-0.4, -0.2) is 4.92 Å². The summed E-state index contributed by atoms with van der Waals surface area (Å²) in [5.74, 6) is 0.650. The van der Waals surface area contributed by atoms with Gasteiger partial charge in [-0.05, 0) is 42.7 Å². The molecule has 0 saturated heterocycles. The SMILES string of the molecule is O=[N+]([O-])c1ccc(C2CC2)c2c1CCC=C2. The van der Waals surface area contributed by atoms with Crippen molar-refractivity contribution in [1.82, 2.24) is 0 Å². The molecule has 0 unspecified atom stereocenters. The molecule has 1 fully saturated rings. The van der Waals surface area contributed by atoms with Gasteiger partial charge in [0.25, 0.3) is 5.69 Å². The van der Waals surface area contributed by atoms with E-state index in [2.05, 4.69) is 12.2 Å². The number of nitro groups is 1. The summed E-state index contributed by atoms with van der Waals surface area (Å²) in [5, 5.41) is 11.0. The van der Waals surface area contributed by atoms with Gasteiger partial charge in [0.1, 0.15) is 0 Å². The minimum Gasteiger partial charge on any atom is -0.258 e. The molecule has 3 rings (SSSR count). The molecule has 2 aliphatic rings. The third kappa shape index (κ3) is 1.43. The number of nitrogens with zero attached hydrogens (tertiary/aromatic N) is 1. The highest BCUT2D eigenvalue weighted by atomic mass is 16.6.